The number of ether oxygens (including phenoxy) is 1. The Hall–Kier alpha value is -0.940. The Labute approximate surface area is 98.3 Å². The molecule has 1 fully saturated rings. The number of aliphatic carboxylic acids is 1. The summed E-state index contributed by atoms with van der Waals surface area (Å²) in [6.45, 7) is 2.90. The van der Waals surface area contributed by atoms with E-state index in [9.17, 15) is 9.90 Å². The van der Waals surface area contributed by atoms with Crippen LogP contribution in [-0.4, -0.2) is 29.3 Å². The molecule has 2 rings (SSSR count). The summed E-state index contributed by atoms with van der Waals surface area (Å²) in [4.78, 5) is 15.7. The molecular formula is C11H15NO3S. The molecule has 2 heterocycles. The van der Waals surface area contributed by atoms with Crippen LogP contribution in [-0.2, 0) is 16.0 Å². The van der Waals surface area contributed by atoms with E-state index in [2.05, 4.69) is 4.98 Å². The van der Waals surface area contributed by atoms with E-state index in [4.69, 9.17) is 4.74 Å². The van der Waals surface area contributed by atoms with Crippen molar-refractivity contribution in [1.82, 2.24) is 4.98 Å². The summed E-state index contributed by atoms with van der Waals surface area (Å²) >= 11 is 1.53. The van der Waals surface area contributed by atoms with Gasteiger partial charge in [0.2, 0.25) is 0 Å². The van der Waals surface area contributed by atoms with E-state index in [1.54, 1.807) is 0 Å². The standard InChI is InChI=1S/C11H15NO3S/c1-8-6-16-9(12-8)5-11(10(13)14)3-2-4-15-7-11/h6H,2-5,7H2,1H3,(H,13,14). The molecule has 16 heavy (non-hydrogen) atoms. The molecule has 0 saturated carbocycles. The second-order valence-corrected chi connectivity index (χ2v) is 5.24. The van der Waals surface area contributed by atoms with Crippen molar-refractivity contribution in [1.29, 1.82) is 0 Å². The number of carbonyl (C=O) groups is 1. The Morgan fingerprint density at radius 3 is 3.06 bits per heavy atom. The highest BCUT2D eigenvalue weighted by atomic mass is 32.1. The summed E-state index contributed by atoms with van der Waals surface area (Å²) in [7, 11) is 0. The topological polar surface area (TPSA) is 59.4 Å². The number of nitrogens with zero attached hydrogens (tertiary/aromatic N) is 1. The second kappa shape index (κ2) is 4.51. The lowest BCUT2D eigenvalue weighted by Crippen LogP contribution is -2.41. The Balaban J connectivity index is 2.16. The van der Waals surface area contributed by atoms with E-state index in [1.165, 1.54) is 11.3 Å². The molecule has 1 aromatic rings. The minimum absolute atomic E-state index is 0.307. The molecule has 1 N–H and O–H groups in total. The Bertz CT molecular complexity index is 382. The first-order valence-corrected chi connectivity index (χ1v) is 6.22. The van der Waals surface area contributed by atoms with Crippen molar-refractivity contribution in [2.24, 2.45) is 5.41 Å². The number of aryl methyl sites for hydroxylation is 1. The van der Waals surface area contributed by atoms with E-state index in [-0.39, 0.29) is 0 Å². The van der Waals surface area contributed by atoms with Crippen LogP contribution in [0.2, 0.25) is 0 Å². The number of carboxylic acids is 1. The molecule has 0 bridgehead atoms. The van der Waals surface area contributed by atoms with Crippen molar-refractivity contribution in [3.8, 4) is 0 Å². The van der Waals surface area contributed by atoms with Gasteiger partial charge in [0.25, 0.3) is 0 Å². The van der Waals surface area contributed by atoms with Gasteiger partial charge in [-0.25, -0.2) is 4.98 Å². The third-order valence-corrected chi connectivity index (χ3v) is 3.90. The maximum absolute atomic E-state index is 11.4. The van der Waals surface area contributed by atoms with E-state index in [0.717, 1.165) is 17.1 Å². The van der Waals surface area contributed by atoms with E-state index in [1.807, 2.05) is 12.3 Å². The number of carboxylic acid groups (broad SMARTS) is 1. The van der Waals surface area contributed by atoms with Crippen LogP contribution < -0.4 is 0 Å². The van der Waals surface area contributed by atoms with Gasteiger partial charge < -0.3 is 9.84 Å². The van der Waals surface area contributed by atoms with Gasteiger partial charge in [-0.3, -0.25) is 4.79 Å². The van der Waals surface area contributed by atoms with Crippen LogP contribution in [0.4, 0.5) is 0 Å². The molecule has 0 aromatic carbocycles. The SMILES string of the molecule is Cc1csc(CC2(C(=O)O)CCCOC2)n1. The lowest BCUT2D eigenvalue weighted by Gasteiger charge is -2.32. The number of thiazole rings is 1. The van der Waals surface area contributed by atoms with Gasteiger partial charge in [0, 0.05) is 24.1 Å². The van der Waals surface area contributed by atoms with Crippen molar-refractivity contribution < 1.29 is 14.6 Å². The average Bonchev–Trinajstić information content (AvgIpc) is 2.65. The van der Waals surface area contributed by atoms with Gasteiger partial charge in [-0.15, -0.1) is 11.3 Å². The van der Waals surface area contributed by atoms with Gasteiger partial charge >= 0.3 is 5.97 Å². The maximum atomic E-state index is 11.4. The fourth-order valence-electron chi connectivity index (χ4n) is 2.01. The zero-order valence-corrected chi connectivity index (χ0v) is 10.0. The minimum atomic E-state index is -0.764. The molecule has 0 spiro atoms. The molecular weight excluding hydrogens is 226 g/mol. The van der Waals surface area contributed by atoms with Crippen molar-refractivity contribution in [3.63, 3.8) is 0 Å². The molecule has 5 heteroatoms. The zero-order chi connectivity index (χ0) is 11.6. The van der Waals surface area contributed by atoms with Gasteiger partial charge in [-0.2, -0.15) is 0 Å². The van der Waals surface area contributed by atoms with Crippen LogP contribution in [0, 0.1) is 12.3 Å². The monoisotopic (exact) mass is 241 g/mol. The Kier molecular flexibility index (Phi) is 3.25. The molecule has 0 radical (unpaired) electrons. The van der Waals surface area contributed by atoms with E-state index >= 15 is 0 Å². The van der Waals surface area contributed by atoms with Gasteiger partial charge in [-0.1, -0.05) is 0 Å². The first kappa shape index (κ1) is 11.5. The molecule has 1 unspecified atom stereocenters. The normalized spacial score (nSPS) is 25.6. The zero-order valence-electron chi connectivity index (χ0n) is 9.23. The predicted octanol–water partition coefficient (Wildman–Crippen LogP) is 1.88. The average molecular weight is 241 g/mol. The highest BCUT2D eigenvalue weighted by Gasteiger charge is 2.41. The van der Waals surface area contributed by atoms with E-state index in [0.29, 0.717) is 26.1 Å². The summed E-state index contributed by atoms with van der Waals surface area (Å²) in [5.74, 6) is -0.764. The summed E-state index contributed by atoms with van der Waals surface area (Å²) in [6, 6.07) is 0. The van der Waals surface area contributed by atoms with Crippen LogP contribution in [0.1, 0.15) is 23.5 Å². The number of aromatic nitrogens is 1. The summed E-state index contributed by atoms with van der Waals surface area (Å²) in [6.07, 6.45) is 1.98. The first-order chi connectivity index (χ1) is 7.62. The maximum Gasteiger partial charge on any atom is 0.312 e. The quantitative estimate of drug-likeness (QED) is 0.877. The highest BCUT2D eigenvalue weighted by Crippen LogP contribution is 2.33. The lowest BCUT2D eigenvalue weighted by atomic mass is 9.80. The molecule has 0 aliphatic carbocycles. The predicted molar refractivity (Wildman–Crippen MR) is 60.7 cm³/mol. The fraction of sp³-hybridized carbons (Fsp3) is 0.636. The number of hydrogen-bond donors (Lipinski definition) is 1. The molecule has 1 saturated heterocycles. The van der Waals surface area contributed by atoms with Crippen molar-refractivity contribution in [2.75, 3.05) is 13.2 Å². The van der Waals surface area contributed by atoms with Crippen molar-refractivity contribution in [3.05, 3.63) is 16.1 Å². The van der Waals surface area contributed by atoms with Crippen LogP contribution in [0.25, 0.3) is 0 Å². The molecule has 0 amide bonds. The first-order valence-electron chi connectivity index (χ1n) is 5.35. The molecule has 1 atom stereocenters. The molecule has 1 aliphatic rings. The van der Waals surface area contributed by atoms with Gasteiger partial charge in [0.1, 0.15) is 0 Å². The molecule has 4 nitrogen and oxygen atoms in total. The largest absolute Gasteiger partial charge is 0.481 e. The van der Waals surface area contributed by atoms with Crippen LogP contribution >= 0.6 is 11.3 Å². The highest BCUT2D eigenvalue weighted by molar-refractivity contribution is 7.09. The minimum Gasteiger partial charge on any atom is -0.481 e. The number of rotatable bonds is 3. The molecule has 88 valence electrons. The third-order valence-electron chi connectivity index (χ3n) is 2.93. The van der Waals surface area contributed by atoms with Gasteiger partial charge in [0.15, 0.2) is 0 Å². The molecule has 1 aromatic heterocycles. The lowest BCUT2D eigenvalue weighted by molar-refractivity contribution is -0.157. The van der Waals surface area contributed by atoms with Crippen LogP contribution in [0.15, 0.2) is 5.38 Å². The molecule has 1 aliphatic heterocycles. The fourth-order valence-corrected chi connectivity index (χ4v) is 2.93. The Morgan fingerprint density at radius 1 is 1.75 bits per heavy atom. The van der Waals surface area contributed by atoms with Crippen LogP contribution in [0.5, 0.6) is 0 Å². The Morgan fingerprint density at radius 2 is 2.56 bits per heavy atom. The number of hydrogen-bond acceptors (Lipinski definition) is 4. The van der Waals surface area contributed by atoms with Gasteiger partial charge in [-0.05, 0) is 19.8 Å². The van der Waals surface area contributed by atoms with Crippen molar-refractivity contribution >= 4 is 17.3 Å². The van der Waals surface area contributed by atoms with Crippen molar-refractivity contribution in [2.45, 2.75) is 26.2 Å². The summed E-state index contributed by atoms with van der Waals surface area (Å²) < 4.78 is 5.32. The third kappa shape index (κ3) is 2.25. The van der Waals surface area contributed by atoms with Gasteiger partial charge in [0.05, 0.1) is 17.0 Å². The van der Waals surface area contributed by atoms with E-state index < -0.39 is 11.4 Å². The van der Waals surface area contributed by atoms with Crippen LogP contribution in [0.3, 0.4) is 0 Å². The summed E-state index contributed by atoms with van der Waals surface area (Å²) in [5, 5.41) is 12.2. The summed E-state index contributed by atoms with van der Waals surface area (Å²) in [5.41, 5.74) is 0.194. The second-order valence-electron chi connectivity index (χ2n) is 4.30. The smallest absolute Gasteiger partial charge is 0.312 e.